The number of aryl methyl sites for hydroxylation is 2. The van der Waals surface area contributed by atoms with E-state index >= 15 is 0 Å². The molecule has 0 bridgehead atoms. The van der Waals surface area contributed by atoms with Crippen molar-refractivity contribution in [1.29, 1.82) is 0 Å². The summed E-state index contributed by atoms with van der Waals surface area (Å²) in [5.41, 5.74) is 6.02. The van der Waals surface area contributed by atoms with E-state index in [1.165, 1.54) is 4.57 Å². The lowest BCUT2D eigenvalue weighted by Gasteiger charge is -2.11. The molecule has 0 aliphatic carbocycles. The van der Waals surface area contributed by atoms with Gasteiger partial charge in [0.2, 0.25) is 5.91 Å². The van der Waals surface area contributed by atoms with Crippen molar-refractivity contribution in [2.45, 2.75) is 33.4 Å². The van der Waals surface area contributed by atoms with Crippen LogP contribution in [0, 0.1) is 13.8 Å². The smallest absolute Gasteiger partial charge is 0.347 e. The van der Waals surface area contributed by atoms with E-state index in [1.807, 2.05) is 49.4 Å². The number of carbonyl (C=O) groups is 1. The zero-order valence-electron chi connectivity index (χ0n) is 18.0. The van der Waals surface area contributed by atoms with Crippen LogP contribution in [0.15, 0.2) is 65.8 Å². The first kappa shape index (κ1) is 21.2. The highest BCUT2D eigenvalue weighted by atomic mass is 16.2. The second-order valence-electron chi connectivity index (χ2n) is 7.59. The van der Waals surface area contributed by atoms with Crippen molar-refractivity contribution in [2.24, 2.45) is 0 Å². The number of aromatic amines is 1. The number of amides is 1. The molecule has 3 aromatic heterocycles. The summed E-state index contributed by atoms with van der Waals surface area (Å²) in [4.78, 5) is 32.4. The topological polar surface area (TPSA) is 106 Å². The van der Waals surface area contributed by atoms with Gasteiger partial charge in [0.15, 0.2) is 0 Å². The van der Waals surface area contributed by atoms with Crippen molar-refractivity contribution in [3.05, 3.63) is 88.5 Å². The van der Waals surface area contributed by atoms with E-state index in [0.717, 1.165) is 33.6 Å². The first-order valence-corrected chi connectivity index (χ1v) is 10.4. The second-order valence-corrected chi connectivity index (χ2v) is 7.59. The summed E-state index contributed by atoms with van der Waals surface area (Å²) in [6.45, 7) is 4.32. The summed E-state index contributed by atoms with van der Waals surface area (Å²) in [7, 11) is 0. The van der Waals surface area contributed by atoms with Crippen LogP contribution in [0.25, 0.3) is 22.4 Å². The predicted octanol–water partition coefficient (Wildman–Crippen LogP) is 3.02. The van der Waals surface area contributed by atoms with E-state index < -0.39 is 0 Å². The van der Waals surface area contributed by atoms with Crippen LogP contribution in [0.2, 0.25) is 0 Å². The summed E-state index contributed by atoms with van der Waals surface area (Å²) in [6, 6.07) is 13.7. The average Bonchev–Trinajstić information content (AvgIpc) is 3.28. The summed E-state index contributed by atoms with van der Waals surface area (Å²) >= 11 is 0. The highest BCUT2D eigenvalue weighted by Gasteiger charge is 2.11. The van der Waals surface area contributed by atoms with Gasteiger partial charge >= 0.3 is 5.69 Å². The van der Waals surface area contributed by atoms with Gasteiger partial charge in [-0.15, -0.1) is 0 Å². The molecule has 8 heteroatoms. The molecule has 2 N–H and O–H groups in total. The molecule has 3 heterocycles. The maximum absolute atomic E-state index is 12.4. The number of nitrogens with zero attached hydrogens (tertiary/aromatic N) is 4. The molecule has 0 atom stereocenters. The fraction of sp³-hybridized carbons (Fsp3) is 0.208. The third-order valence-corrected chi connectivity index (χ3v) is 5.24. The zero-order chi connectivity index (χ0) is 22.5. The number of hydrogen-bond acceptors (Lipinski definition) is 5. The van der Waals surface area contributed by atoms with Crippen molar-refractivity contribution < 1.29 is 4.79 Å². The molecule has 0 unspecified atom stereocenters. The first-order valence-electron chi connectivity index (χ1n) is 10.4. The Morgan fingerprint density at radius 1 is 1.09 bits per heavy atom. The Morgan fingerprint density at radius 2 is 1.91 bits per heavy atom. The number of H-pyrrole nitrogens is 1. The van der Waals surface area contributed by atoms with Gasteiger partial charge in [-0.05, 0) is 49.2 Å². The van der Waals surface area contributed by atoms with Gasteiger partial charge in [-0.1, -0.05) is 18.2 Å². The van der Waals surface area contributed by atoms with Gasteiger partial charge in [-0.3, -0.25) is 19.4 Å². The highest BCUT2D eigenvalue weighted by Crippen LogP contribution is 2.30. The molecule has 0 spiro atoms. The normalized spacial score (nSPS) is 10.8. The Hall–Kier alpha value is -4.07. The second kappa shape index (κ2) is 9.38. The molecule has 4 rings (SSSR count). The molecule has 0 radical (unpaired) electrons. The third-order valence-electron chi connectivity index (χ3n) is 5.24. The summed E-state index contributed by atoms with van der Waals surface area (Å²) in [5, 5.41) is 10.2. The fourth-order valence-electron chi connectivity index (χ4n) is 3.64. The minimum Gasteiger partial charge on any atom is -0.352 e. The van der Waals surface area contributed by atoms with E-state index in [0.29, 0.717) is 18.8 Å². The molecule has 0 aliphatic heterocycles. The Morgan fingerprint density at radius 3 is 2.69 bits per heavy atom. The summed E-state index contributed by atoms with van der Waals surface area (Å²) in [6.07, 6.45) is 5.50. The average molecular weight is 428 g/mol. The fourth-order valence-corrected chi connectivity index (χ4v) is 3.64. The first-order chi connectivity index (χ1) is 15.5. The molecule has 0 saturated heterocycles. The number of nitrogens with one attached hydrogen (secondary N) is 2. The van der Waals surface area contributed by atoms with Gasteiger partial charge in [-0.2, -0.15) is 10.1 Å². The molecular weight excluding hydrogens is 404 g/mol. The number of rotatable bonds is 7. The van der Waals surface area contributed by atoms with Crippen LogP contribution in [-0.2, 0) is 17.9 Å². The summed E-state index contributed by atoms with van der Waals surface area (Å²) in [5.74, 6) is -0.124. The molecular formula is C24H24N6O2. The lowest BCUT2D eigenvalue weighted by molar-refractivity contribution is -0.121. The molecule has 4 aromatic rings. The van der Waals surface area contributed by atoms with Gasteiger partial charge in [0.05, 0.1) is 11.9 Å². The van der Waals surface area contributed by atoms with Crippen molar-refractivity contribution in [3.63, 3.8) is 0 Å². The number of benzene rings is 1. The van der Waals surface area contributed by atoms with Gasteiger partial charge in [-0.25, -0.2) is 4.79 Å². The molecule has 0 aliphatic rings. The Kier molecular flexibility index (Phi) is 6.21. The number of pyridine rings is 1. The highest BCUT2D eigenvalue weighted by molar-refractivity contribution is 5.80. The van der Waals surface area contributed by atoms with E-state index in [4.69, 9.17) is 0 Å². The van der Waals surface area contributed by atoms with E-state index in [2.05, 4.69) is 25.5 Å². The van der Waals surface area contributed by atoms with E-state index in [9.17, 15) is 9.59 Å². The van der Waals surface area contributed by atoms with Crippen LogP contribution >= 0.6 is 0 Å². The Labute approximate surface area is 185 Å². The monoisotopic (exact) mass is 428 g/mol. The minimum absolute atomic E-state index is 0.124. The van der Waals surface area contributed by atoms with Crippen molar-refractivity contribution in [2.75, 3.05) is 0 Å². The lowest BCUT2D eigenvalue weighted by atomic mass is 10.0. The van der Waals surface area contributed by atoms with Gasteiger partial charge < -0.3 is 5.32 Å². The Bertz CT molecular complexity index is 1290. The number of hydrogen-bond donors (Lipinski definition) is 2. The molecule has 1 amide bonds. The van der Waals surface area contributed by atoms with Crippen LogP contribution in [0.5, 0.6) is 0 Å². The van der Waals surface area contributed by atoms with Crippen molar-refractivity contribution >= 4 is 5.91 Å². The Balaban J connectivity index is 1.41. The standard InChI is InChI=1S/C24H24N6O2/c1-16-12-17(2)30(24(32)28-16)11-8-22(31)26-14-18-4-3-5-20(13-18)23-21(15-27-29-23)19-6-9-25-10-7-19/h3-7,9-10,12-13,15H,8,11,14H2,1-2H3,(H,26,31)(H,27,29). The van der Waals surface area contributed by atoms with Gasteiger partial charge in [0.25, 0.3) is 0 Å². The zero-order valence-corrected chi connectivity index (χ0v) is 18.0. The van der Waals surface area contributed by atoms with Crippen LogP contribution in [0.4, 0.5) is 0 Å². The van der Waals surface area contributed by atoms with Crippen molar-refractivity contribution in [1.82, 2.24) is 30.0 Å². The van der Waals surface area contributed by atoms with Crippen molar-refractivity contribution in [3.8, 4) is 22.4 Å². The molecule has 0 saturated carbocycles. The van der Waals surface area contributed by atoms with E-state index in [-0.39, 0.29) is 18.0 Å². The lowest BCUT2D eigenvalue weighted by Crippen LogP contribution is -2.29. The van der Waals surface area contributed by atoms with E-state index in [1.54, 1.807) is 25.5 Å². The maximum Gasteiger partial charge on any atom is 0.347 e. The molecule has 1 aromatic carbocycles. The maximum atomic E-state index is 12.4. The minimum atomic E-state index is -0.326. The molecule has 162 valence electrons. The van der Waals surface area contributed by atoms with Gasteiger partial charge in [0, 0.05) is 54.4 Å². The van der Waals surface area contributed by atoms with Crippen LogP contribution in [0.1, 0.15) is 23.4 Å². The molecule has 32 heavy (non-hydrogen) atoms. The molecule has 0 fully saturated rings. The largest absolute Gasteiger partial charge is 0.352 e. The predicted molar refractivity (Wildman–Crippen MR) is 122 cm³/mol. The van der Waals surface area contributed by atoms with Gasteiger partial charge in [0.1, 0.15) is 0 Å². The van der Waals surface area contributed by atoms with Crippen LogP contribution in [0.3, 0.4) is 0 Å². The third kappa shape index (κ3) is 4.80. The molecule has 8 nitrogen and oxygen atoms in total. The van der Waals surface area contributed by atoms with Crippen LogP contribution in [-0.4, -0.2) is 30.6 Å². The number of carbonyl (C=O) groups excluding carboxylic acids is 1. The number of aromatic nitrogens is 5. The quantitative estimate of drug-likeness (QED) is 0.471. The van der Waals surface area contributed by atoms with Crippen LogP contribution < -0.4 is 11.0 Å². The summed E-state index contributed by atoms with van der Waals surface area (Å²) < 4.78 is 1.52. The SMILES string of the molecule is Cc1cc(C)n(CCC(=O)NCc2cccc(-c3[nH]ncc3-c3ccncc3)c2)c(=O)n1.